The predicted molar refractivity (Wildman–Crippen MR) is 61.3 cm³/mol. The van der Waals surface area contributed by atoms with E-state index in [-0.39, 0.29) is 0 Å². The van der Waals surface area contributed by atoms with E-state index in [0.29, 0.717) is 10.5 Å². The molecule has 0 saturated carbocycles. The maximum Gasteiger partial charge on any atom is 0.183 e. The van der Waals surface area contributed by atoms with E-state index in [9.17, 15) is 8.42 Å². The summed E-state index contributed by atoms with van der Waals surface area (Å²) >= 11 is 0. The molecule has 0 aromatic heterocycles. The Labute approximate surface area is 91.2 Å². The Morgan fingerprint density at radius 2 is 1.60 bits per heavy atom. The van der Waals surface area contributed by atoms with Gasteiger partial charge in [-0.2, -0.15) is 0 Å². The van der Waals surface area contributed by atoms with Crippen LogP contribution in [-0.4, -0.2) is 13.2 Å². The van der Waals surface area contributed by atoms with Crippen molar-refractivity contribution in [2.45, 2.75) is 30.4 Å². The van der Waals surface area contributed by atoms with Crippen molar-refractivity contribution in [1.29, 1.82) is 0 Å². The number of terminal acetylenes is 1. The molecule has 0 atom stereocenters. The van der Waals surface area contributed by atoms with Gasteiger partial charge in [-0.25, -0.2) is 8.42 Å². The second-order valence-corrected chi connectivity index (χ2v) is 6.99. The Hall–Kier alpha value is -1.27. The van der Waals surface area contributed by atoms with Gasteiger partial charge in [-0.1, -0.05) is 5.92 Å². The number of benzene rings is 1. The van der Waals surface area contributed by atoms with Crippen LogP contribution in [0.4, 0.5) is 0 Å². The molecule has 0 amide bonds. The lowest BCUT2D eigenvalue weighted by atomic mass is 10.2. The summed E-state index contributed by atoms with van der Waals surface area (Å²) in [5.41, 5.74) is 0.683. The average molecular weight is 222 g/mol. The first-order valence-corrected chi connectivity index (χ1v) is 6.08. The molecule has 2 nitrogen and oxygen atoms in total. The summed E-state index contributed by atoms with van der Waals surface area (Å²) in [4.78, 5) is 0.314. The third-order valence-electron chi connectivity index (χ3n) is 2.14. The van der Waals surface area contributed by atoms with Crippen LogP contribution >= 0.6 is 0 Å². The van der Waals surface area contributed by atoms with Gasteiger partial charge in [0.25, 0.3) is 0 Å². The summed E-state index contributed by atoms with van der Waals surface area (Å²) < 4.78 is 23.2. The molecule has 1 aromatic carbocycles. The first kappa shape index (κ1) is 11.8. The average Bonchev–Trinajstić information content (AvgIpc) is 2.16. The first-order chi connectivity index (χ1) is 6.79. The Bertz CT molecular complexity index is 482. The fraction of sp³-hybridized carbons (Fsp3) is 0.333. The first-order valence-electron chi connectivity index (χ1n) is 4.60. The summed E-state index contributed by atoms with van der Waals surface area (Å²) in [5.74, 6) is 2.45. The molecule has 0 spiro atoms. The maximum atomic E-state index is 12.0. The lowest BCUT2D eigenvalue weighted by Gasteiger charge is -2.19. The van der Waals surface area contributed by atoms with Gasteiger partial charge >= 0.3 is 0 Å². The zero-order valence-corrected chi connectivity index (χ0v) is 9.93. The summed E-state index contributed by atoms with van der Waals surface area (Å²) in [6.07, 6.45) is 5.20. The number of sulfone groups is 1. The van der Waals surface area contributed by atoms with Gasteiger partial charge in [0.15, 0.2) is 9.84 Å². The molecule has 3 heteroatoms. The highest BCUT2D eigenvalue weighted by Gasteiger charge is 2.30. The number of hydrogen-bond acceptors (Lipinski definition) is 2. The highest BCUT2D eigenvalue weighted by Crippen LogP contribution is 2.24. The minimum Gasteiger partial charge on any atom is -0.223 e. The van der Waals surface area contributed by atoms with Gasteiger partial charge in [0.2, 0.25) is 0 Å². The lowest BCUT2D eigenvalue weighted by Crippen LogP contribution is -2.27. The fourth-order valence-electron chi connectivity index (χ4n) is 1.08. The van der Waals surface area contributed by atoms with E-state index in [0.717, 1.165) is 0 Å². The molecular weight excluding hydrogens is 208 g/mol. The molecule has 0 saturated heterocycles. The van der Waals surface area contributed by atoms with Gasteiger partial charge in [-0.05, 0) is 45.0 Å². The molecule has 1 aromatic rings. The van der Waals surface area contributed by atoms with Gasteiger partial charge in [0.05, 0.1) is 9.64 Å². The van der Waals surface area contributed by atoms with Crippen LogP contribution in [0.1, 0.15) is 26.3 Å². The second-order valence-electron chi connectivity index (χ2n) is 4.28. The van der Waals surface area contributed by atoms with Crippen LogP contribution in [0.25, 0.3) is 0 Å². The topological polar surface area (TPSA) is 34.1 Å². The highest BCUT2D eigenvalue weighted by atomic mass is 32.2. The third-order valence-corrected chi connectivity index (χ3v) is 4.64. The molecule has 0 aliphatic heterocycles. The van der Waals surface area contributed by atoms with E-state index in [2.05, 4.69) is 5.92 Å². The molecule has 1 rings (SSSR count). The minimum absolute atomic E-state index is 0.314. The molecule has 15 heavy (non-hydrogen) atoms. The SMILES string of the molecule is C#Cc1ccc(S(=O)(=O)C(C)(C)C)cc1. The van der Waals surface area contributed by atoms with E-state index in [1.54, 1.807) is 45.0 Å². The quantitative estimate of drug-likeness (QED) is 0.683. The van der Waals surface area contributed by atoms with Crippen molar-refractivity contribution >= 4 is 9.84 Å². The largest absolute Gasteiger partial charge is 0.223 e. The van der Waals surface area contributed by atoms with E-state index in [1.807, 2.05) is 0 Å². The Morgan fingerprint density at radius 3 is 1.93 bits per heavy atom. The van der Waals surface area contributed by atoms with Gasteiger partial charge in [-0.3, -0.25) is 0 Å². The van der Waals surface area contributed by atoms with Crippen molar-refractivity contribution in [3.05, 3.63) is 29.8 Å². The maximum absolute atomic E-state index is 12.0. The van der Waals surface area contributed by atoms with Gasteiger partial charge in [-0.15, -0.1) is 6.42 Å². The Balaban J connectivity index is 3.26. The zero-order valence-electron chi connectivity index (χ0n) is 9.11. The van der Waals surface area contributed by atoms with E-state index < -0.39 is 14.6 Å². The summed E-state index contributed by atoms with van der Waals surface area (Å²) in [6, 6.07) is 6.38. The van der Waals surface area contributed by atoms with E-state index in [4.69, 9.17) is 6.42 Å². The van der Waals surface area contributed by atoms with Crippen LogP contribution in [-0.2, 0) is 9.84 Å². The van der Waals surface area contributed by atoms with Crippen molar-refractivity contribution in [2.75, 3.05) is 0 Å². The monoisotopic (exact) mass is 222 g/mol. The fourth-order valence-corrected chi connectivity index (χ4v) is 2.29. The van der Waals surface area contributed by atoms with Crippen LogP contribution in [0.5, 0.6) is 0 Å². The van der Waals surface area contributed by atoms with Crippen molar-refractivity contribution in [2.24, 2.45) is 0 Å². The molecule has 0 aliphatic rings. The van der Waals surface area contributed by atoms with E-state index >= 15 is 0 Å². The molecule has 0 fully saturated rings. The lowest BCUT2D eigenvalue weighted by molar-refractivity contribution is 0.560. The van der Waals surface area contributed by atoms with Crippen LogP contribution in [0.2, 0.25) is 0 Å². The molecular formula is C12H14O2S. The van der Waals surface area contributed by atoms with Gasteiger partial charge in [0.1, 0.15) is 0 Å². The van der Waals surface area contributed by atoms with Crippen molar-refractivity contribution < 1.29 is 8.42 Å². The zero-order chi connectivity index (χ0) is 11.7. The molecule has 0 unspecified atom stereocenters. The smallest absolute Gasteiger partial charge is 0.183 e. The molecule has 80 valence electrons. The van der Waals surface area contributed by atoms with Gasteiger partial charge in [0, 0.05) is 5.56 Å². The Morgan fingerprint density at radius 1 is 1.13 bits per heavy atom. The summed E-state index contributed by atoms with van der Waals surface area (Å²) in [7, 11) is -3.27. The van der Waals surface area contributed by atoms with E-state index in [1.165, 1.54) is 0 Å². The van der Waals surface area contributed by atoms with Crippen LogP contribution < -0.4 is 0 Å². The summed E-state index contributed by atoms with van der Waals surface area (Å²) in [6.45, 7) is 5.03. The van der Waals surface area contributed by atoms with Crippen LogP contribution in [0, 0.1) is 12.3 Å². The van der Waals surface area contributed by atoms with Crippen molar-refractivity contribution in [3.63, 3.8) is 0 Å². The Kier molecular flexibility index (Phi) is 2.92. The third kappa shape index (κ3) is 2.21. The molecule has 0 radical (unpaired) electrons. The molecule has 0 N–H and O–H groups in total. The number of rotatable bonds is 1. The standard InChI is InChI=1S/C12H14O2S/c1-5-10-6-8-11(9-7-10)15(13,14)12(2,3)4/h1,6-9H,2-4H3. The molecule has 0 bridgehead atoms. The van der Waals surface area contributed by atoms with Gasteiger partial charge < -0.3 is 0 Å². The van der Waals surface area contributed by atoms with Crippen molar-refractivity contribution in [3.8, 4) is 12.3 Å². The second kappa shape index (κ2) is 3.71. The minimum atomic E-state index is -3.27. The predicted octanol–water partition coefficient (Wildman–Crippen LogP) is 2.24. The highest BCUT2D eigenvalue weighted by molar-refractivity contribution is 7.92. The van der Waals surface area contributed by atoms with Crippen molar-refractivity contribution in [1.82, 2.24) is 0 Å². The van der Waals surface area contributed by atoms with Crippen LogP contribution in [0.3, 0.4) is 0 Å². The molecule has 0 aliphatic carbocycles. The normalized spacial score (nSPS) is 12.1. The molecule has 0 heterocycles. The summed E-state index contributed by atoms with van der Waals surface area (Å²) in [5, 5.41) is 0. The number of hydrogen-bond donors (Lipinski definition) is 0. The van der Waals surface area contributed by atoms with Crippen LogP contribution in [0.15, 0.2) is 29.2 Å².